The predicted octanol–water partition coefficient (Wildman–Crippen LogP) is 5.51. The number of non-ortho nitro benzene ring substituents is 1. The van der Waals surface area contributed by atoms with Gasteiger partial charge in [0.2, 0.25) is 0 Å². The highest BCUT2D eigenvalue weighted by molar-refractivity contribution is 6.42. The van der Waals surface area contributed by atoms with Crippen LogP contribution in [0.15, 0.2) is 72.3 Å². The maximum absolute atomic E-state index is 13.2. The molecule has 0 spiro atoms. The van der Waals surface area contributed by atoms with Crippen molar-refractivity contribution in [2.45, 2.75) is 12.8 Å². The van der Waals surface area contributed by atoms with Crippen molar-refractivity contribution in [3.05, 3.63) is 104 Å². The molecule has 38 heavy (non-hydrogen) atoms. The lowest BCUT2D eigenvalue weighted by molar-refractivity contribution is -0.384. The highest BCUT2D eigenvalue weighted by atomic mass is 35.5. The van der Waals surface area contributed by atoms with Gasteiger partial charge in [-0.05, 0) is 59.7 Å². The molecule has 9 nitrogen and oxygen atoms in total. The van der Waals surface area contributed by atoms with E-state index in [0.717, 1.165) is 6.07 Å². The first-order chi connectivity index (χ1) is 17.9. The molecule has 1 fully saturated rings. The van der Waals surface area contributed by atoms with Gasteiger partial charge in [-0.25, -0.2) is 9.69 Å². The molecular formula is C25H15ClF3N3O6. The van der Waals surface area contributed by atoms with Gasteiger partial charge in [-0.1, -0.05) is 23.7 Å². The molecule has 3 aromatic carbocycles. The zero-order chi connectivity index (χ0) is 27.6. The van der Waals surface area contributed by atoms with Crippen LogP contribution in [0.5, 0.6) is 5.75 Å². The van der Waals surface area contributed by atoms with Crippen molar-refractivity contribution in [3.63, 3.8) is 0 Å². The molecule has 1 N–H and O–H groups in total. The van der Waals surface area contributed by atoms with Gasteiger partial charge in [-0.2, -0.15) is 13.2 Å². The second-order valence-corrected chi connectivity index (χ2v) is 8.31. The molecule has 1 heterocycles. The smallest absolute Gasteiger partial charge is 0.416 e. The number of amides is 4. The van der Waals surface area contributed by atoms with Gasteiger partial charge in [0.25, 0.3) is 17.5 Å². The molecular weight excluding hydrogens is 531 g/mol. The predicted molar refractivity (Wildman–Crippen MR) is 129 cm³/mol. The van der Waals surface area contributed by atoms with E-state index in [1.54, 1.807) is 12.1 Å². The van der Waals surface area contributed by atoms with Gasteiger partial charge in [0, 0.05) is 12.1 Å². The van der Waals surface area contributed by atoms with Crippen molar-refractivity contribution in [3.8, 4) is 5.75 Å². The number of carbonyl (C=O) groups is 3. The number of rotatable bonds is 6. The summed E-state index contributed by atoms with van der Waals surface area (Å²) in [7, 11) is 0. The van der Waals surface area contributed by atoms with Crippen molar-refractivity contribution < 1.29 is 37.2 Å². The number of hydrogen-bond acceptors (Lipinski definition) is 6. The Labute approximate surface area is 217 Å². The first-order valence-corrected chi connectivity index (χ1v) is 11.1. The van der Waals surface area contributed by atoms with Gasteiger partial charge in [0.05, 0.1) is 21.2 Å². The number of nitrogens with one attached hydrogen (secondary N) is 1. The summed E-state index contributed by atoms with van der Waals surface area (Å²) in [6.45, 7) is 0.119. The van der Waals surface area contributed by atoms with Gasteiger partial charge in [0.15, 0.2) is 0 Å². The fourth-order valence-corrected chi connectivity index (χ4v) is 3.65. The fraction of sp³-hybridized carbons (Fsp3) is 0.0800. The summed E-state index contributed by atoms with van der Waals surface area (Å²) in [5, 5.41) is 12.4. The van der Waals surface area contributed by atoms with Crippen LogP contribution in [0.1, 0.15) is 16.7 Å². The lowest BCUT2D eigenvalue weighted by Crippen LogP contribution is -2.54. The van der Waals surface area contributed by atoms with Gasteiger partial charge >= 0.3 is 12.2 Å². The third-order valence-electron chi connectivity index (χ3n) is 5.36. The van der Waals surface area contributed by atoms with Crippen LogP contribution >= 0.6 is 11.6 Å². The van der Waals surface area contributed by atoms with Crippen LogP contribution in [-0.4, -0.2) is 22.8 Å². The largest absolute Gasteiger partial charge is 0.489 e. The van der Waals surface area contributed by atoms with Crippen molar-refractivity contribution in [2.75, 3.05) is 4.90 Å². The van der Waals surface area contributed by atoms with Gasteiger partial charge in [0.1, 0.15) is 17.9 Å². The molecule has 0 unspecified atom stereocenters. The van der Waals surface area contributed by atoms with Gasteiger partial charge < -0.3 is 4.74 Å². The van der Waals surface area contributed by atoms with Crippen molar-refractivity contribution >= 4 is 46.9 Å². The molecule has 1 aliphatic heterocycles. The number of imide groups is 2. The summed E-state index contributed by atoms with van der Waals surface area (Å²) in [4.78, 5) is 48.4. The number of alkyl halides is 3. The van der Waals surface area contributed by atoms with Crippen LogP contribution in [-0.2, 0) is 22.4 Å². The minimum atomic E-state index is -4.76. The Kier molecular flexibility index (Phi) is 7.17. The first kappa shape index (κ1) is 26.4. The summed E-state index contributed by atoms with van der Waals surface area (Å²) in [6, 6.07) is 12.8. The van der Waals surface area contributed by atoms with E-state index in [9.17, 15) is 37.7 Å². The Balaban J connectivity index is 1.53. The quantitative estimate of drug-likeness (QED) is 0.189. The average Bonchev–Trinajstić information content (AvgIpc) is 2.86. The molecule has 0 saturated carbocycles. The number of anilines is 1. The maximum atomic E-state index is 13.2. The molecule has 0 radical (unpaired) electrons. The summed E-state index contributed by atoms with van der Waals surface area (Å²) in [5.74, 6) is -1.77. The zero-order valence-corrected chi connectivity index (χ0v) is 19.7. The standard InChI is InChI=1S/C25H15ClF3N3O6/c26-20-10-5-16(25(27,28)29)12-21(20)31-23(34)19(22(33)30-24(31)35)11-14-3-8-18(9-4-14)38-13-15-1-6-17(7-2-15)32(36)37/h1-12H,13H2,(H,30,33,35)/b19-11-. The van der Waals surface area contributed by atoms with Crippen LogP contribution in [0.4, 0.5) is 29.3 Å². The SMILES string of the molecule is O=C1NC(=O)N(c2cc(C(F)(F)F)ccc2Cl)C(=O)/C1=C\c1ccc(OCc2ccc([N+](=O)[O-])cc2)cc1. The van der Waals surface area contributed by atoms with Crippen LogP contribution < -0.4 is 15.0 Å². The van der Waals surface area contributed by atoms with E-state index in [-0.39, 0.29) is 17.3 Å². The molecule has 1 aliphatic rings. The highest BCUT2D eigenvalue weighted by Gasteiger charge is 2.39. The molecule has 0 atom stereocenters. The van der Waals surface area contributed by atoms with Crippen molar-refractivity contribution in [1.82, 2.24) is 5.32 Å². The second kappa shape index (κ2) is 10.3. The summed E-state index contributed by atoms with van der Waals surface area (Å²) >= 11 is 5.98. The van der Waals surface area contributed by atoms with E-state index in [2.05, 4.69) is 0 Å². The maximum Gasteiger partial charge on any atom is 0.416 e. The number of nitrogens with zero attached hydrogens (tertiary/aromatic N) is 2. The minimum Gasteiger partial charge on any atom is -0.489 e. The molecule has 0 bridgehead atoms. The van der Waals surface area contributed by atoms with E-state index in [4.69, 9.17) is 16.3 Å². The van der Waals surface area contributed by atoms with Crippen LogP contribution in [0.3, 0.4) is 0 Å². The number of barbiturate groups is 1. The monoisotopic (exact) mass is 545 g/mol. The number of nitro groups is 1. The van der Waals surface area contributed by atoms with Crippen molar-refractivity contribution in [1.29, 1.82) is 0 Å². The summed E-state index contributed by atoms with van der Waals surface area (Å²) in [5.41, 5.74) is -1.18. The van der Waals surface area contributed by atoms with Gasteiger partial charge in [-0.15, -0.1) is 0 Å². The molecule has 4 amide bonds. The minimum absolute atomic E-state index is 0.0527. The van der Waals surface area contributed by atoms with E-state index in [1.807, 2.05) is 5.32 Å². The van der Waals surface area contributed by atoms with Crippen LogP contribution in [0.2, 0.25) is 5.02 Å². The van der Waals surface area contributed by atoms with E-state index >= 15 is 0 Å². The Morgan fingerprint density at radius 3 is 2.26 bits per heavy atom. The molecule has 1 saturated heterocycles. The molecule has 0 aliphatic carbocycles. The molecule has 13 heteroatoms. The number of nitro benzene ring substituents is 1. The first-order valence-electron chi connectivity index (χ1n) is 10.7. The molecule has 194 valence electrons. The van der Waals surface area contributed by atoms with E-state index in [1.165, 1.54) is 42.5 Å². The lowest BCUT2D eigenvalue weighted by Gasteiger charge is -2.27. The van der Waals surface area contributed by atoms with E-state index < -0.39 is 45.8 Å². The van der Waals surface area contributed by atoms with Crippen LogP contribution in [0, 0.1) is 10.1 Å². The van der Waals surface area contributed by atoms with E-state index in [0.29, 0.717) is 33.9 Å². The molecule has 3 aromatic rings. The van der Waals surface area contributed by atoms with Crippen molar-refractivity contribution in [2.24, 2.45) is 0 Å². The number of benzene rings is 3. The number of hydrogen-bond donors (Lipinski definition) is 1. The topological polar surface area (TPSA) is 119 Å². The Hall–Kier alpha value is -4.71. The number of carbonyl (C=O) groups excluding carboxylic acids is 3. The number of ether oxygens (including phenoxy) is 1. The third kappa shape index (κ3) is 5.65. The number of halogens is 4. The second-order valence-electron chi connectivity index (χ2n) is 7.90. The normalized spacial score (nSPS) is 15.0. The summed E-state index contributed by atoms with van der Waals surface area (Å²) < 4.78 is 45.1. The average molecular weight is 546 g/mol. The lowest BCUT2D eigenvalue weighted by atomic mass is 10.1. The van der Waals surface area contributed by atoms with Crippen LogP contribution in [0.25, 0.3) is 6.08 Å². The Morgan fingerprint density at radius 2 is 1.66 bits per heavy atom. The Morgan fingerprint density at radius 1 is 1.00 bits per heavy atom. The molecule has 4 rings (SSSR count). The number of urea groups is 1. The third-order valence-corrected chi connectivity index (χ3v) is 5.68. The summed E-state index contributed by atoms with van der Waals surface area (Å²) in [6.07, 6.45) is -3.59. The van der Waals surface area contributed by atoms with Gasteiger partial charge in [-0.3, -0.25) is 25.0 Å². The fourth-order valence-electron chi connectivity index (χ4n) is 3.44. The highest BCUT2D eigenvalue weighted by Crippen LogP contribution is 2.36. The Bertz CT molecular complexity index is 1470. The molecule has 0 aromatic heterocycles. The zero-order valence-electron chi connectivity index (χ0n) is 19.0.